The Morgan fingerprint density at radius 3 is 2.69 bits per heavy atom. The van der Waals surface area contributed by atoms with E-state index in [0.717, 1.165) is 5.56 Å². The number of aromatic amines is 1. The predicted octanol–water partition coefficient (Wildman–Crippen LogP) is 1.38. The highest BCUT2D eigenvalue weighted by atomic mass is 16.1. The van der Waals surface area contributed by atoms with E-state index in [2.05, 4.69) is 15.5 Å². The predicted molar refractivity (Wildman–Crippen MR) is 59.1 cm³/mol. The molecule has 16 heavy (non-hydrogen) atoms. The summed E-state index contributed by atoms with van der Waals surface area (Å²) in [7, 11) is 0. The summed E-state index contributed by atoms with van der Waals surface area (Å²) in [5.41, 5.74) is 0.897. The van der Waals surface area contributed by atoms with E-state index in [1.165, 1.54) is 0 Å². The SMILES string of the molecule is CC(NC(=O)C(C#N)C(C)C)c1cn[nH]c1. The second kappa shape index (κ2) is 5.31. The summed E-state index contributed by atoms with van der Waals surface area (Å²) in [6.07, 6.45) is 3.38. The molecule has 0 fully saturated rings. The Hall–Kier alpha value is -1.83. The minimum Gasteiger partial charge on any atom is -0.348 e. The molecule has 2 N–H and O–H groups in total. The van der Waals surface area contributed by atoms with E-state index in [0.29, 0.717) is 0 Å². The van der Waals surface area contributed by atoms with Crippen molar-refractivity contribution in [2.45, 2.75) is 26.8 Å². The van der Waals surface area contributed by atoms with Crippen molar-refractivity contribution in [3.05, 3.63) is 18.0 Å². The molecule has 2 atom stereocenters. The zero-order valence-electron chi connectivity index (χ0n) is 9.69. The maximum Gasteiger partial charge on any atom is 0.238 e. The second-order valence-corrected chi connectivity index (χ2v) is 4.11. The van der Waals surface area contributed by atoms with Gasteiger partial charge in [-0.15, -0.1) is 0 Å². The fraction of sp³-hybridized carbons (Fsp3) is 0.545. The Kier molecular flexibility index (Phi) is 4.06. The molecule has 1 amide bonds. The Bertz CT molecular complexity index is 377. The number of hydrogen-bond donors (Lipinski definition) is 2. The van der Waals surface area contributed by atoms with Crippen molar-refractivity contribution in [3.63, 3.8) is 0 Å². The van der Waals surface area contributed by atoms with Gasteiger partial charge in [0.1, 0.15) is 5.92 Å². The lowest BCUT2D eigenvalue weighted by atomic mass is 9.96. The first-order chi connectivity index (χ1) is 7.56. The third-order valence-corrected chi connectivity index (χ3v) is 2.47. The Morgan fingerprint density at radius 1 is 1.56 bits per heavy atom. The van der Waals surface area contributed by atoms with Gasteiger partial charge in [-0.1, -0.05) is 13.8 Å². The van der Waals surface area contributed by atoms with Crippen LogP contribution in [-0.2, 0) is 4.79 Å². The number of hydrogen-bond acceptors (Lipinski definition) is 3. The molecule has 5 heteroatoms. The van der Waals surface area contributed by atoms with E-state index in [4.69, 9.17) is 5.26 Å². The summed E-state index contributed by atoms with van der Waals surface area (Å²) < 4.78 is 0. The van der Waals surface area contributed by atoms with Crippen LogP contribution < -0.4 is 5.32 Å². The van der Waals surface area contributed by atoms with Crippen LogP contribution in [0.1, 0.15) is 32.4 Å². The van der Waals surface area contributed by atoms with Crippen molar-refractivity contribution >= 4 is 5.91 Å². The van der Waals surface area contributed by atoms with Gasteiger partial charge in [0.15, 0.2) is 0 Å². The van der Waals surface area contributed by atoms with E-state index < -0.39 is 5.92 Å². The highest BCUT2D eigenvalue weighted by Crippen LogP contribution is 2.14. The van der Waals surface area contributed by atoms with Crippen molar-refractivity contribution in [2.75, 3.05) is 0 Å². The molecule has 0 aromatic carbocycles. The molecule has 5 nitrogen and oxygen atoms in total. The third-order valence-electron chi connectivity index (χ3n) is 2.47. The van der Waals surface area contributed by atoms with Crippen LogP contribution in [0.25, 0.3) is 0 Å². The smallest absolute Gasteiger partial charge is 0.238 e. The number of aromatic nitrogens is 2. The van der Waals surface area contributed by atoms with Crippen LogP contribution in [0.5, 0.6) is 0 Å². The van der Waals surface area contributed by atoms with Crippen molar-refractivity contribution in [1.29, 1.82) is 5.26 Å². The van der Waals surface area contributed by atoms with Gasteiger partial charge in [-0.05, 0) is 12.8 Å². The monoisotopic (exact) mass is 220 g/mol. The minimum atomic E-state index is -0.602. The summed E-state index contributed by atoms with van der Waals surface area (Å²) in [6, 6.07) is 1.88. The number of amides is 1. The number of carbonyl (C=O) groups excluding carboxylic acids is 1. The number of nitrogens with one attached hydrogen (secondary N) is 2. The van der Waals surface area contributed by atoms with Crippen molar-refractivity contribution < 1.29 is 4.79 Å². The molecule has 0 aliphatic carbocycles. The Balaban J connectivity index is 2.61. The van der Waals surface area contributed by atoms with E-state index in [1.807, 2.05) is 26.8 Å². The normalized spacial score (nSPS) is 14.2. The van der Waals surface area contributed by atoms with Gasteiger partial charge in [0, 0.05) is 11.8 Å². The fourth-order valence-electron chi connectivity index (χ4n) is 1.39. The molecule has 0 radical (unpaired) electrons. The molecule has 86 valence electrons. The van der Waals surface area contributed by atoms with Crippen molar-refractivity contribution in [3.8, 4) is 6.07 Å². The molecule has 0 aliphatic rings. The average Bonchev–Trinajstić information content (AvgIpc) is 2.70. The molecule has 1 aromatic rings. The zero-order chi connectivity index (χ0) is 12.1. The number of nitrogens with zero attached hydrogens (tertiary/aromatic N) is 2. The van der Waals surface area contributed by atoms with E-state index in [9.17, 15) is 4.79 Å². The summed E-state index contributed by atoms with van der Waals surface area (Å²) >= 11 is 0. The number of H-pyrrole nitrogens is 1. The molecule has 1 aromatic heterocycles. The fourth-order valence-corrected chi connectivity index (χ4v) is 1.39. The summed E-state index contributed by atoms with van der Waals surface area (Å²) in [6.45, 7) is 5.57. The van der Waals surface area contributed by atoms with Crippen LogP contribution in [-0.4, -0.2) is 16.1 Å². The van der Waals surface area contributed by atoms with Crippen molar-refractivity contribution in [2.24, 2.45) is 11.8 Å². The third kappa shape index (κ3) is 2.83. The topological polar surface area (TPSA) is 81.6 Å². The lowest BCUT2D eigenvalue weighted by Gasteiger charge is -2.17. The molecule has 0 saturated carbocycles. The van der Waals surface area contributed by atoms with Gasteiger partial charge < -0.3 is 5.32 Å². The highest BCUT2D eigenvalue weighted by Gasteiger charge is 2.23. The van der Waals surface area contributed by atoms with Gasteiger partial charge in [0.05, 0.1) is 18.3 Å². The van der Waals surface area contributed by atoms with Crippen LogP contribution in [0.2, 0.25) is 0 Å². The maximum atomic E-state index is 11.8. The first-order valence-corrected chi connectivity index (χ1v) is 5.25. The Labute approximate surface area is 94.9 Å². The first kappa shape index (κ1) is 12.2. The highest BCUT2D eigenvalue weighted by molar-refractivity contribution is 5.81. The van der Waals surface area contributed by atoms with Gasteiger partial charge in [0.2, 0.25) is 5.91 Å². The van der Waals surface area contributed by atoms with Crippen LogP contribution in [0, 0.1) is 23.2 Å². The summed E-state index contributed by atoms with van der Waals surface area (Å²) in [5, 5.41) is 18.2. The number of carbonyl (C=O) groups is 1. The molecule has 0 aliphatic heterocycles. The molecule has 0 saturated heterocycles. The minimum absolute atomic E-state index is 0.0153. The lowest BCUT2D eigenvalue weighted by Crippen LogP contribution is -2.34. The molecule has 1 heterocycles. The maximum absolute atomic E-state index is 11.8. The van der Waals surface area contributed by atoms with Crippen LogP contribution in [0.15, 0.2) is 12.4 Å². The van der Waals surface area contributed by atoms with Crippen molar-refractivity contribution in [1.82, 2.24) is 15.5 Å². The number of rotatable bonds is 4. The standard InChI is InChI=1S/C11H16N4O/c1-7(2)10(4-12)11(16)15-8(3)9-5-13-14-6-9/h5-8,10H,1-3H3,(H,13,14)(H,15,16). The molecular formula is C11H16N4O. The van der Waals surface area contributed by atoms with Gasteiger partial charge in [-0.25, -0.2) is 0 Å². The van der Waals surface area contributed by atoms with E-state index in [-0.39, 0.29) is 17.9 Å². The molecule has 1 rings (SSSR count). The van der Waals surface area contributed by atoms with E-state index in [1.54, 1.807) is 12.4 Å². The molecule has 2 unspecified atom stereocenters. The largest absolute Gasteiger partial charge is 0.348 e. The molecule has 0 spiro atoms. The molecular weight excluding hydrogens is 204 g/mol. The van der Waals surface area contributed by atoms with Crippen LogP contribution in [0.4, 0.5) is 0 Å². The van der Waals surface area contributed by atoms with Crippen LogP contribution >= 0.6 is 0 Å². The first-order valence-electron chi connectivity index (χ1n) is 5.25. The Morgan fingerprint density at radius 2 is 2.25 bits per heavy atom. The van der Waals surface area contributed by atoms with Crippen LogP contribution in [0.3, 0.4) is 0 Å². The second-order valence-electron chi connectivity index (χ2n) is 4.11. The van der Waals surface area contributed by atoms with Gasteiger partial charge in [-0.2, -0.15) is 10.4 Å². The number of nitriles is 1. The van der Waals surface area contributed by atoms with E-state index >= 15 is 0 Å². The molecule has 0 bridgehead atoms. The summed E-state index contributed by atoms with van der Waals surface area (Å²) in [5.74, 6) is -0.817. The lowest BCUT2D eigenvalue weighted by molar-refractivity contribution is -0.125. The van der Waals surface area contributed by atoms with Gasteiger partial charge in [0.25, 0.3) is 0 Å². The quantitative estimate of drug-likeness (QED) is 0.804. The van der Waals surface area contributed by atoms with Gasteiger partial charge in [-0.3, -0.25) is 9.89 Å². The van der Waals surface area contributed by atoms with Gasteiger partial charge >= 0.3 is 0 Å². The zero-order valence-corrected chi connectivity index (χ0v) is 9.69. The summed E-state index contributed by atoms with van der Waals surface area (Å²) in [4.78, 5) is 11.8. The average molecular weight is 220 g/mol.